The van der Waals surface area contributed by atoms with Crippen molar-refractivity contribution < 1.29 is 9.59 Å². The zero-order valence-corrected chi connectivity index (χ0v) is 16.2. The van der Waals surface area contributed by atoms with Crippen LogP contribution in [0.3, 0.4) is 0 Å². The largest absolute Gasteiger partial charge is 0.355 e. The molecule has 0 aliphatic rings. The Morgan fingerprint density at radius 1 is 1.31 bits per heavy atom. The van der Waals surface area contributed by atoms with Gasteiger partial charge in [0, 0.05) is 24.2 Å². The van der Waals surface area contributed by atoms with E-state index in [2.05, 4.69) is 10.3 Å². The molecule has 0 aromatic carbocycles. The van der Waals surface area contributed by atoms with Gasteiger partial charge in [-0.3, -0.25) is 23.9 Å². The molecule has 0 saturated carbocycles. The third kappa shape index (κ3) is 4.98. The van der Waals surface area contributed by atoms with E-state index in [0.29, 0.717) is 21.4 Å². The Kier molecular flexibility index (Phi) is 6.26. The number of hydrogen-bond donors (Lipinski definition) is 1. The molecule has 6 nitrogen and oxygen atoms in total. The van der Waals surface area contributed by atoms with Gasteiger partial charge in [-0.15, -0.1) is 11.3 Å². The summed E-state index contributed by atoms with van der Waals surface area (Å²) in [6, 6.07) is 5.41. The number of carbonyl (C=O) groups is 2. The van der Waals surface area contributed by atoms with Crippen LogP contribution < -0.4 is 20.1 Å². The lowest BCUT2D eigenvalue weighted by molar-refractivity contribution is -0.122. The van der Waals surface area contributed by atoms with Crippen molar-refractivity contribution in [1.82, 2.24) is 14.9 Å². The summed E-state index contributed by atoms with van der Waals surface area (Å²) in [6.07, 6.45) is 4.75. The number of likely N-dealkylation sites (N-methyl/N-ethyl adjacent to an activating group) is 1. The van der Waals surface area contributed by atoms with Crippen LogP contribution in [0.25, 0.3) is 12.2 Å². The number of carbonyl (C=O) groups excluding carboxylic acids is 2. The summed E-state index contributed by atoms with van der Waals surface area (Å²) in [5.74, 6) is -0.373. The summed E-state index contributed by atoms with van der Waals surface area (Å²) in [6.45, 7) is 7.60. The number of Topliss-reactive ketones (excluding diaryl/α,β-unsaturated/α-hetero) is 1. The number of thiazole rings is 1. The van der Waals surface area contributed by atoms with Crippen LogP contribution >= 0.6 is 11.3 Å². The molecule has 0 saturated heterocycles. The molecule has 2 heterocycles. The topological polar surface area (TPSA) is 81.1 Å². The number of aromatic nitrogens is 2. The molecule has 0 bridgehead atoms. The zero-order chi connectivity index (χ0) is 19.3. The fourth-order valence-corrected chi connectivity index (χ4v) is 3.14. The number of rotatable bonds is 5. The first-order valence-electron chi connectivity index (χ1n) is 8.37. The second-order valence-corrected chi connectivity index (χ2v) is 7.87. The molecule has 0 radical (unpaired) electrons. The maximum absolute atomic E-state index is 12.8. The second-order valence-electron chi connectivity index (χ2n) is 6.81. The molecule has 0 unspecified atom stereocenters. The molecule has 0 spiro atoms. The van der Waals surface area contributed by atoms with Crippen LogP contribution in [0, 0.1) is 5.41 Å². The van der Waals surface area contributed by atoms with E-state index in [1.807, 2.05) is 33.8 Å². The van der Waals surface area contributed by atoms with Crippen LogP contribution in [-0.2, 0) is 16.1 Å². The zero-order valence-electron chi connectivity index (χ0n) is 15.4. The predicted octanol–water partition coefficient (Wildman–Crippen LogP) is 0.665. The Morgan fingerprint density at radius 3 is 2.62 bits per heavy atom. The molecule has 0 fully saturated rings. The molecule has 1 N–H and O–H groups in total. The van der Waals surface area contributed by atoms with Gasteiger partial charge in [-0.1, -0.05) is 26.8 Å². The summed E-state index contributed by atoms with van der Waals surface area (Å²) < 4.78 is 2.23. The van der Waals surface area contributed by atoms with Gasteiger partial charge in [-0.25, -0.2) is 0 Å². The quantitative estimate of drug-likeness (QED) is 0.835. The molecule has 0 aliphatic heterocycles. The maximum Gasteiger partial charge on any atom is 0.269 e. The molecule has 138 valence electrons. The van der Waals surface area contributed by atoms with Gasteiger partial charge in [-0.05, 0) is 25.1 Å². The summed E-state index contributed by atoms with van der Waals surface area (Å²) in [5, 5.41) is 2.68. The average Bonchev–Trinajstić information content (AvgIpc) is 2.84. The molecule has 0 atom stereocenters. The number of nitrogens with zero attached hydrogens (tertiary/aromatic N) is 2. The summed E-state index contributed by atoms with van der Waals surface area (Å²) in [7, 11) is 0. The van der Waals surface area contributed by atoms with Crippen molar-refractivity contribution in [2.24, 2.45) is 5.41 Å². The summed E-state index contributed by atoms with van der Waals surface area (Å²) in [4.78, 5) is 41.3. The minimum Gasteiger partial charge on any atom is -0.355 e. The van der Waals surface area contributed by atoms with E-state index >= 15 is 0 Å². The van der Waals surface area contributed by atoms with Gasteiger partial charge in [0.25, 0.3) is 5.56 Å². The Balaban J connectivity index is 2.62. The standard InChI is InChI=1S/C19H23N3O3S/c1-5-20-16(24)12-22-17(11-15(23)19(2,3)4)26-14(18(22)25)10-13-8-6-7-9-21-13/h6-11H,5,12H2,1-4H3,(H,20,24). The summed E-state index contributed by atoms with van der Waals surface area (Å²) in [5.41, 5.74) is -0.230. The molecule has 0 aliphatic carbocycles. The number of nitrogens with one attached hydrogen (secondary N) is 1. The van der Waals surface area contributed by atoms with Gasteiger partial charge < -0.3 is 5.32 Å². The minimum absolute atomic E-state index is 0.104. The van der Waals surface area contributed by atoms with Crippen LogP contribution in [0.15, 0.2) is 29.2 Å². The van der Waals surface area contributed by atoms with Gasteiger partial charge >= 0.3 is 0 Å². The van der Waals surface area contributed by atoms with Crippen LogP contribution in [0.2, 0.25) is 0 Å². The van der Waals surface area contributed by atoms with Gasteiger partial charge in [0.15, 0.2) is 5.78 Å². The van der Waals surface area contributed by atoms with Crippen LogP contribution in [0.4, 0.5) is 0 Å². The Morgan fingerprint density at radius 2 is 2.04 bits per heavy atom. The van der Waals surface area contributed by atoms with E-state index in [-0.39, 0.29) is 23.8 Å². The maximum atomic E-state index is 12.8. The molecule has 2 rings (SSSR count). The SMILES string of the molecule is CCNC(=O)Cn1c(=CC(=O)C(C)(C)C)sc(=Cc2ccccn2)c1=O. The third-order valence-corrected chi connectivity index (χ3v) is 4.63. The van der Waals surface area contributed by atoms with Crippen molar-refractivity contribution >= 4 is 35.2 Å². The highest BCUT2D eigenvalue weighted by atomic mass is 32.1. The van der Waals surface area contributed by atoms with Crippen molar-refractivity contribution in [3.63, 3.8) is 0 Å². The van der Waals surface area contributed by atoms with Crippen LogP contribution in [0.5, 0.6) is 0 Å². The smallest absolute Gasteiger partial charge is 0.269 e. The van der Waals surface area contributed by atoms with E-state index in [9.17, 15) is 14.4 Å². The van der Waals surface area contributed by atoms with E-state index in [0.717, 1.165) is 0 Å². The van der Waals surface area contributed by atoms with Crippen molar-refractivity contribution in [3.05, 3.63) is 49.6 Å². The predicted molar refractivity (Wildman–Crippen MR) is 103 cm³/mol. The van der Waals surface area contributed by atoms with E-state index in [4.69, 9.17) is 0 Å². The van der Waals surface area contributed by atoms with Crippen molar-refractivity contribution in [1.29, 1.82) is 0 Å². The van der Waals surface area contributed by atoms with Gasteiger partial charge in [0.2, 0.25) is 5.91 Å². The summed E-state index contributed by atoms with van der Waals surface area (Å²) >= 11 is 1.18. The molecule has 26 heavy (non-hydrogen) atoms. The highest BCUT2D eigenvalue weighted by Gasteiger charge is 2.20. The first kappa shape index (κ1) is 19.8. The highest BCUT2D eigenvalue weighted by molar-refractivity contribution is 7.07. The fraction of sp³-hybridized carbons (Fsp3) is 0.368. The average molecular weight is 373 g/mol. The van der Waals surface area contributed by atoms with Gasteiger partial charge in [0.05, 0.1) is 10.2 Å². The molecular weight excluding hydrogens is 350 g/mol. The number of hydrogen-bond acceptors (Lipinski definition) is 5. The lowest BCUT2D eigenvalue weighted by Gasteiger charge is -2.12. The van der Waals surface area contributed by atoms with Crippen molar-refractivity contribution in [3.8, 4) is 0 Å². The monoisotopic (exact) mass is 373 g/mol. The molecular formula is C19H23N3O3S. The third-order valence-electron chi connectivity index (χ3n) is 3.57. The lowest BCUT2D eigenvalue weighted by atomic mass is 9.91. The van der Waals surface area contributed by atoms with E-state index < -0.39 is 5.41 Å². The Hall–Kier alpha value is -2.54. The van der Waals surface area contributed by atoms with Crippen LogP contribution in [-0.4, -0.2) is 27.8 Å². The van der Waals surface area contributed by atoms with Gasteiger partial charge in [-0.2, -0.15) is 0 Å². The first-order valence-corrected chi connectivity index (χ1v) is 9.19. The highest BCUT2D eigenvalue weighted by Crippen LogP contribution is 2.14. The van der Waals surface area contributed by atoms with Crippen molar-refractivity contribution in [2.45, 2.75) is 34.2 Å². The fourth-order valence-electron chi connectivity index (χ4n) is 2.11. The Bertz CT molecular complexity index is 966. The number of pyridine rings is 1. The van der Waals surface area contributed by atoms with Crippen LogP contribution in [0.1, 0.15) is 33.4 Å². The molecule has 7 heteroatoms. The minimum atomic E-state index is -0.568. The van der Waals surface area contributed by atoms with E-state index in [1.54, 1.807) is 24.4 Å². The second kappa shape index (κ2) is 8.23. The molecule has 2 aromatic heterocycles. The Labute approximate surface area is 155 Å². The van der Waals surface area contributed by atoms with E-state index in [1.165, 1.54) is 22.0 Å². The van der Waals surface area contributed by atoms with Crippen molar-refractivity contribution in [2.75, 3.05) is 6.54 Å². The first-order chi connectivity index (χ1) is 12.2. The lowest BCUT2D eigenvalue weighted by Crippen LogP contribution is -2.38. The molecule has 2 aromatic rings. The number of amides is 1. The number of ketones is 1. The normalized spacial score (nSPS) is 13.1. The van der Waals surface area contributed by atoms with Gasteiger partial charge in [0.1, 0.15) is 11.2 Å². The molecule has 1 amide bonds.